The molecule has 0 saturated carbocycles. The third kappa shape index (κ3) is 4.13. The van der Waals surface area contributed by atoms with Crippen LogP contribution in [0.4, 0.5) is 0 Å². The summed E-state index contributed by atoms with van der Waals surface area (Å²) >= 11 is 0. The van der Waals surface area contributed by atoms with Gasteiger partial charge in [0.25, 0.3) is 0 Å². The number of hydrogen-bond donors (Lipinski definition) is 1. The highest BCUT2D eigenvalue weighted by atomic mass is 16.5. The van der Waals surface area contributed by atoms with E-state index in [1.165, 1.54) is 13.8 Å². The molecule has 1 heterocycles. The van der Waals surface area contributed by atoms with Gasteiger partial charge in [-0.2, -0.15) is 0 Å². The second-order valence-electron chi connectivity index (χ2n) is 6.85. The summed E-state index contributed by atoms with van der Waals surface area (Å²) in [4.78, 5) is 23.0. The van der Waals surface area contributed by atoms with Gasteiger partial charge in [-0.15, -0.1) is 0 Å². The van der Waals surface area contributed by atoms with Crippen molar-refractivity contribution in [3.63, 3.8) is 0 Å². The Morgan fingerprint density at radius 3 is 2.20 bits per heavy atom. The molecule has 0 fully saturated rings. The standard InChI is InChI=1S/C19H26N2O4/c1-13-16(21(5)18(24)20(13)4)8-6-7-14-9-11-15(12-10-14)25-19(2,3)17(22)23/h9-12H,6-8H2,1-5H3,(H,22,23). The predicted molar refractivity (Wildman–Crippen MR) is 96.2 cm³/mol. The summed E-state index contributed by atoms with van der Waals surface area (Å²) in [6, 6.07) is 7.49. The molecule has 0 aliphatic carbocycles. The lowest BCUT2D eigenvalue weighted by atomic mass is 10.1. The van der Waals surface area contributed by atoms with Crippen LogP contribution in [0.5, 0.6) is 5.75 Å². The van der Waals surface area contributed by atoms with Crippen LogP contribution in [-0.4, -0.2) is 25.8 Å². The fourth-order valence-corrected chi connectivity index (χ4v) is 2.79. The lowest BCUT2D eigenvalue weighted by molar-refractivity contribution is -0.152. The van der Waals surface area contributed by atoms with E-state index >= 15 is 0 Å². The van der Waals surface area contributed by atoms with Crippen molar-refractivity contribution in [3.8, 4) is 5.75 Å². The van der Waals surface area contributed by atoms with Gasteiger partial charge in [0.05, 0.1) is 0 Å². The normalized spacial score (nSPS) is 11.6. The highest BCUT2D eigenvalue weighted by molar-refractivity contribution is 5.76. The molecule has 0 unspecified atom stereocenters. The summed E-state index contributed by atoms with van der Waals surface area (Å²) in [5, 5.41) is 9.10. The van der Waals surface area contributed by atoms with Gasteiger partial charge in [0.1, 0.15) is 5.75 Å². The maximum atomic E-state index is 11.9. The van der Waals surface area contributed by atoms with Gasteiger partial charge in [-0.3, -0.25) is 9.13 Å². The summed E-state index contributed by atoms with van der Waals surface area (Å²) in [7, 11) is 3.60. The van der Waals surface area contributed by atoms with E-state index in [4.69, 9.17) is 9.84 Å². The van der Waals surface area contributed by atoms with Crippen molar-refractivity contribution < 1.29 is 14.6 Å². The SMILES string of the molecule is Cc1c(CCCc2ccc(OC(C)(C)C(=O)O)cc2)n(C)c(=O)n1C. The summed E-state index contributed by atoms with van der Waals surface area (Å²) in [6.07, 6.45) is 2.65. The Bertz CT molecular complexity index is 813. The molecule has 0 atom stereocenters. The molecule has 0 saturated heterocycles. The van der Waals surface area contributed by atoms with Crippen LogP contribution >= 0.6 is 0 Å². The van der Waals surface area contributed by atoms with Gasteiger partial charge < -0.3 is 9.84 Å². The monoisotopic (exact) mass is 346 g/mol. The second-order valence-corrected chi connectivity index (χ2v) is 6.85. The first-order valence-electron chi connectivity index (χ1n) is 8.36. The van der Waals surface area contributed by atoms with Crippen molar-refractivity contribution in [3.05, 3.63) is 51.7 Å². The molecular formula is C19H26N2O4. The number of rotatable bonds is 7. The first kappa shape index (κ1) is 18.8. The molecule has 25 heavy (non-hydrogen) atoms. The van der Waals surface area contributed by atoms with Crippen molar-refractivity contribution in [1.82, 2.24) is 9.13 Å². The molecule has 0 bridgehead atoms. The third-order valence-corrected chi connectivity index (χ3v) is 4.59. The molecule has 1 aromatic carbocycles. The molecule has 1 aromatic heterocycles. The van der Waals surface area contributed by atoms with Gasteiger partial charge in [-0.05, 0) is 57.7 Å². The Kier molecular flexibility index (Phi) is 5.40. The van der Waals surface area contributed by atoms with E-state index in [-0.39, 0.29) is 5.69 Å². The van der Waals surface area contributed by atoms with Gasteiger partial charge in [0, 0.05) is 25.5 Å². The van der Waals surface area contributed by atoms with Gasteiger partial charge in [0.2, 0.25) is 0 Å². The zero-order chi connectivity index (χ0) is 18.8. The Morgan fingerprint density at radius 1 is 1.12 bits per heavy atom. The van der Waals surface area contributed by atoms with E-state index < -0.39 is 11.6 Å². The number of ether oxygens (including phenoxy) is 1. The van der Waals surface area contributed by atoms with E-state index in [1.54, 1.807) is 35.4 Å². The minimum atomic E-state index is -1.25. The number of imidazole rings is 1. The van der Waals surface area contributed by atoms with Crippen molar-refractivity contribution >= 4 is 5.97 Å². The van der Waals surface area contributed by atoms with Crippen molar-refractivity contribution in [2.45, 2.75) is 45.6 Å². The maximum Gasteiger partial charge on any atom is 0.347 e. The average Bonchev–Trinajstić information content (AvgIpc) is 2.73. The number of hydrogen-bond acceptors (Lipinski definition) is 3. The molecular weight excluding hydrogens is 320 g/mol. The zero-order valence-electron chi connectivity index (χ0n) is 15.5. The number of benzene rings is 1. The van der Waals surface area contributed by atoms with Crippen LogP contribution in [0.15, 0.2) is 29.1 Å². The summed E-state index contributed by atoms with van der Waals surface area (Å²) in [5.74, 6) is -0.460. The highest BCUT2D eigenvalue weighted by Gasteiger charge is 2.29. The largest absolute Gasteiger partial charge is 0.478 e. The number of aromatic nitrogens is 2. The number of carbonyl (C=O) groups is 1. The number of carboxylic acid groups (broad SMARTS) is 1. The number of aliphatic carboxylic acids is 1. The molecule has 0 spiro atoms. The number of carboxylic acids is 1. The summed E-state index contributed by atoms with van der Waals surface area (Å²) in [5.41, 5.74) is 1.98. The van der Waals surface area contributed by atoms with Gasteiger partial charge in [0.15, 0.2) is 5.60 Å². The lowest BCUT2D eigenvalue weighted by Gasteiger charge is -2.21. The van der Waals surface area contributed by atoms with E-state index in [0.717, 1.165) is 36.2 Å². The molecule has 0 aliphatic heterocycles. The topological polar surface area (TPSA) is 73.5 Å². The first-order chi connectivity index (χ1) is 11.6. The van der Waals surface area contributed by atoms with Gasteiger partial charge in [-0.25, -0.2) is 9.59 Å². The number of aryl methyl sites for hydroxylation is 1. The summed E-state index contributed by atoms with van der Waals surface area (Å²) < 4.78 is 8.88. The molecule has 6 heteroatoms. The first-order valence-corrected chi connectivity index (χ1v) is 8.36. The van der Waals surface area contributed by atoms with Crippen LogP contribution in [0.2, 0.25) is 0 Å². The fourth-order valence-electron chi connectivity index (χ4n) is 2.79. The van der Waals surface area contributed by atoms with Gasteiger partial charge >= 0.3 is 11.7 Å². The second kappa shape index (κ2) is 7.17. The molecule has 1 N–H and O–H groups in total. The molecule has 2 rings (SSSR count). The Labute approximate surface area is 147 Å². The smallest absolute Gasteiger partial charge is 0.347 e. The lowest BCUT2D eigenvalue weighted by Crippen LogP contribution is -2.37. The van der Waals surface area contributed by atoms with Crippen molar-refractivity contribution in [2.75, 3.05) is 0 Å². The minimum Gasteiger partial charge on any atom is -0.478 e. The zero-order valence-corrected chi connectivity index (χ0v) is 15.5. The molecule has 6 nitrogen and oxygen atoms in total. The molecule has 0 aliphatic rings. The van der Waals surface area contributed by atoms with Crippen LogP contribution in [0.1, 0.15) is 37.2 Å². The van der Waals surface area contributed by atoms with Crippen molar-refractivity contribution in [2.24, 2.45) is 14.1 Å². The quantitative estimate of drug-likeness (QED) is 0.836. The summed E-state index contributed by atoms with van der Waals surface area (Å²) in [6.45, 7) is 5.01. The van der Waals surface area contributed by atoms with Crippen LogP contribution in [0, 0.1) is 6.92 Å². The fraction of sp³-hybridized carbons (Fsp3) is 0.474. The number of nitrogens with zero attached hydrogens (tertiary/aromatic N) is 2. The minimum absolute atomic E-state index is 0.00930. The molecule has 136 valence electrons. The van der Waals surface area contributed by atoms with Crippen LogP contribution in [0.25, 0.3) is 0 Å². The third-order valence-electron chi connectivity index (χ3n) is 4.59. The Balaban J connectivity index is 1.96. The maximum absolute atomic E-state index is 11.9. The van der Waals surface area contributed by atoms with E-state index in [1.807, 2.05) is 19.1 Å². The Morgan fingerprint density at radius 2 is 1.72 bits per heavy atom. The van der Waals surface area contributed by atoms with Crippen LogP contribution < -0.4 is 10.4 Å². The van der Waals surface area contributed by atoms with E-state index in [2.05, 4.69) is 0 Å². The van der Waals surface area contributed by atoms with Crippen LogP contribution in [-0.2, 0) is 31.7 Å². The van der Waals surface area contributed by atoms with Crippen molar-refractivity contribution in [1.29, 1.82) is 0 Å². The highest BCUT2D eigenvalue weighted by Crippen LogP contribution is 2.20. The van der Waals surface area contributed by atoms with E-state index in [0.29, 0.717) is 5.75 Å². The van der Waals surface area contributed by atoms with Crippen LogP contribution in [0.3, 0.4) is 0 Å². The average molecular weight is 346 g/mol. The van der Waals surface area contributed by atoms with Gasteiger partial charge in [-0.1, -0.05) is 12.1 Å². The molecule has 0 amide bonds. The molecule has 0 radical (unpaired) electrons. The molecule has 2 aromatic rings. The predicted octanol–water partition coefficient (Wildman–Crippen LogP) is 2.45. The Hall–Kier alpha value is -2.50. The van der Waals surface area contributed by atoms with E-state index in [9.17, 15) is 9.59 Å².